The molecule has 3 heteroatoms. The van der Waals surface area contributed by atoms with Crippen molar-refractivity contribution in [1.82, 2.24) is 0 Å². The summed E-state index contributed by atoms with van der Waals surface area (Å²) in [7, 11) is 0. The number of rotatable bonds is 5. The van der Waals surface area contributed by atoms with Crippen LogP contribution in [0.25, 0.3) is 0 Å². The second-order valence-electron chi connectivity index (χ2n) is 3.73. The Morgan fingerprint density at radius 3 is 2.64 bits per heavy atom. The maximum atomic E-state index is 9.58. The standard InChI is InChI=1S/C11H15NO2/c13-10(8-12-6-7-12)9-14-11-4-2-1-3-5-11/h1-5,10,13H,6-9H2/p+1/t10-/m0/s1. The van der Waals surface area contributed by atoms with Crippen molar-refractivity contribution >= 4 is 0 Å². The van der Waals surface area contributed by atoms with Crippen molar-refractivity contribution in [3.8, 4) is 5.75 Å². The zero-order valence-electron chi connectivity index (χ0n) is 8.15. The number of hydrogen-bond donors (Lipinski definition) is 2. The first kappa shape index (κ1) is 9.49. The van der Waals surface area contributed by atoms with Gasteiger partial charge in [0.1, 0.15) is 38.1 Å². The van der Waals surface area contributed by atoms with E-state index in [1.807, 2.05) is 30.3 Å². The Labute approximate surface area is 83.9 Å². The highest BCUT2D eigenvalue weighted by Gasteiger charge is 2.26. The molecule has 2 rings (SSSR count). The van der Waals surface area contributed by atoms with E-state index in [9.17, 15) is 5.11 Å². The minimum absolute atomic E-state index is 0.340. The fourth-order valence-electron chi connectivity index (χ4n) is 1.39. The Kier molecular flexibility index (Phi) is 3.01. The molecule has 1 heterocycles. The summed E-state index contributed by atoms with van der Waals surface area (Å²) in [6, 6.07) is 9.60. The van der Waals surface area contributed by atoms with E-state index >= 15 is 0 Å². The van der Waals surface area contributed by atoms with Crippen LogP contribution in [0.2, 0.25) is 0 Å². The smallest absolute Gasteiger partial charge is 0.137 e. The summed E-state index contributed by atoms with van der Waals surface area (Å²) in [5, 5.41) is 9.58. The molecule has 14 heavy (non-hydrogen) atoms. The van der Waals surface area contributed by atoms with Crippen molar-refractivity contribution in [3.05, 3.63) is 30.3 Å². The van der Waals surface area contributed by atoms with E-state index in [1.54, 1.807) is 0 Å². The molecule has 1 aromatic carbocycles. The van der Waals surface area contributed by atoms with Crippen LogP contribution in [0.5, 0.6) is 5.75 Å². The molecule has 1 aromatic rings. The lowest BCUT2D eigenvalue weighted by atomic mass is 10.3. The lowest BCUT2D eigenvalue weighted by Gasteiger charge is -2.10. The first-order chi connectivity index (χ1) is 6.84. The third kappa shape index (κ3) is 3.01. The molecule has 1 saturated heterocycles. The molecule has 0 bridgehead atoms. The third-order valence-corrected chi connectivity index (χ3v) is 2.31. The van der Waals surface area contributed by atoms with E-state index < -0.39 is 0 Å². The normalized spacial score (nSPS) is 17.8. The van der Waals surface area contributed by atoms with E-state index in [-0.39, 0.29) is 6.10 Å². The molecule has 1 aliphatic heterocycles. The van der Waals surface area contributed by atoms with Crippen LogP contribution in [0.4, 0.5) is 0 Å². The summed E-state index contributed by atoms with van der Waals surface area (Å²) in [5.41, 5.74) is 0. The maximum Gasteiger partial charge on any atom is 0.137 e. The van der Waals surface area contributed by atoms with Crippen LogP contribution in [0, 0.1) is 0 Å². The van der Waals surface area contributed by atoms with Crippen molar-refractivity contribution in [1.29, 1.82) is 0 Å². The summed E-state index contributed by atoms with van der Waals surface area (Å²) in [4.78, 5) is 1.47. The number of para-hydroxylation sites is 1. The zero-order chi connectivity index (χ0) is 9.80. The highest BCUT2D eigenvalue weighted by molar-refractivity contribution is 5.20. The Morgan fingerprint density at radius 1 is 1.29 bits per heavy atom. The summed E-state index contributed by atoms with van der Waals surface area (Å²) in [5.74, 6) is 0.826. The van der Waals surface area contributed by atoms with Crippen LogP contribution in [0.15, 0.2) is 30.3 Å². The molecule has 0 spiro atoms. The highest BCUT2D eigenvalue weighted by atomic mass is 16.5. The van der Waals surface area contributed by atoms with Gasteiger partial charge in [0, 0.05) is 0 Å². The van der Waals surface area contributed by atoms with Crippen molar-refractivity contribution in [2.24, 2.45) is 0 Å². The highest BCUT2D eigenvalue weighted by Crippen LogP contribution is 2.08. The van der Waals surface area contributed by atoms with Crippen molar-refractivity contribution < 1.29 is 14.7 Å². The molecule has 0 radical (unpaired) electrons. The number of nitrogens with one attached hydrogen (secondary N) is 1. The summed E-state index contributed by atoms with van der Waals surface area (Å²) in [6.07, 6.45) is -0.340. The number of benzene rings is 1. The predicted octanol–water partition coefficient (Wildman–Crippen LogP) is -0.675. The van der Waals surface area contributed by atoms with E-state index in [0.717, 1.165) is 12.3 Å². The third-order valence-electron chi connectivity index (χ3n) is 2.31. The number of quaternary nitrogens is 1. The summed E-state index contributed by atoms with van der Waals surface area (Å²) >= 11 is 0. The Balaban J connectivity index is 1.70. The van der Waals surface area contributed by atoms with E-state index in [2.05, 4.69) is 0 Å². The molecule has 0 saturated carbocycles. The molecular weight excluding hydrogens is 178 g/mol. The fourth-order valence-corrected chi connectivity index (χ4v) is 1.39. The SMILES string of the molecule is O[C@H](COc1ccccc1)C[NH+]1CC1. The van der Waals surface area contributed by atoms with Crippen LogP contribution in [0.1, 0.15) is 0 Å². The second-order valence-corrected chi connectivity index (χ2v) is 3.73. The van der Waals surface area contributed by atoms with Gasteiger partial charge in [0.25, 0.3) is 0 Å². The molecule has 0 aliphatic carbocycles. The van der Waals surface area contributed by atoms with Gasteiger partial charge in [-0.15, -0.1) is 0 Å². The van der Waals surface area contributed by atoms with Gasteiger partial charge in [-0.2, -0.15) is 0 Å². The fraction of sp³-hybridized carbons (Fsp3) is 0.455. The van der Waals surface area contributed by atoms with Crippen LogP contribution in [-0.4, -0.2) is 37.5 Å². The molecule has 3 nitrogen and oxygen atoms in total. The monoisotopic (exact) mass is 194 g/mol. The largest absolute Gasteiger partial charge is 0.491 e. The summed E-state index contributed by atoms with van der Waals surface area (Å²) in [6.45, 7) is 3.60. The molecule has 0 unspecified atom stereocenters. The predicted molar refractivity (Wildman–Crippen MR) is 53.5 cm³/mol. The van der Waals surface area contributed by atoms with Gasteiger partial charge in [-0.1, -0.05) is 18.2 Å². The minimum Gasteiger partial charge on any atom is -0.491 e. The van der Waals surface area contributed by atoms with E-state index in [1.165, 1.54) is 18.0 Å². The lowest BCUT2D eigenvalue weighted by Crippen LogP contribution is -2.94. The molecule has 0 amide bonds. The second kappa shape index (κ2) is 4.44. The van der Waals surface area contributed by atoms with Gasteiger partial charge in [0.05, 0.1) is 0 Å². The van der Waals surface area contributed by atoms with Gasteiger partial charge < -0.3 is 14.7 Å². The Morgan fingerprint density at radius 2 is 2.00 bits per heavy atom. The Hall–Kier alpha value is -1.06. The van der Waals surface area contributed by atoms with Crippen LogP contribution >= 0.6 is 0 Å². The van der Waals surface area contributed by atoms with Crippen molar-refractivity contribution in [2.45, 2.75) is 6.10 Å². The molecule has 1 atom stereocenters. The van der Waals surface area contributed by atoms with Gasteiger partial charge in [-0.05, 0) is 12.1 Å². The van der Waals surface area contributed by atoms with Crippen LogP contribution in [0.3, 0.4) is 0 Å². The van der Waals surface area contributed by atoms with E-state index in [4.69, 9.17) is 4.74 Å². The number of aliphatic hydroxyl groups excluding tert-OH is 1. The zero-order valence-corrected chi connectivity index (χ0v) is 8.15. The van der Waals surface area contributed by atoms with Gasteiger partial charge >= 0.3 is 0 Å². The van der Waals surface area contributed by atoms with Crippen LogP contribution < -0.4 is 9.64 Å². The topological polar surface area (TPSA) is 33.9 Å². The van der Waals surface area contributed by atoms with Crippen LogP contribution in [-0.2, 0) is 0 Å². The minimum atomic E-state index is -0.340. The first-order valence-electron chi connectivity index (χ1n) is 5.04. The molecule has 2 N–H and O–H groups in total. The van der Waals surface area contributed by atoms with E-state index in [0.29, 0.717) is 6.61 Å². The molecular formula is C11H16NO2+. The number of hydrogen-bond acceptors (Lipinski definition) is 2. The average molecular weight is 194 g/mol. The molecule has 1 aliphatic rings. The number of aliphatic hydroxyl groups is 1. The van der Waals surface area contributed by atoms with Gasteiger partial charge in [-0.25, -0.2) is 0 Å². The average Bonchev–Trinajstić information content (AvgIpc) is 3.00. The quantitative estimate of drug-likeness (QED) is 0.609. The van der Waals surface area contributed by atoms with Crippen molar-refractivity contribution in [3.63, 3.8) is 0 Å². The molecule has 0 aromatic heterocycles. The first-order valence-corrected chi connectivity index (χ1v) is 5.04. The Bertz CT molecular complexity index is 272. The van der Waals surface area contributed by atoms with Gasteiger partial charge in [0.15, 0.2) is 0 Å². The maximum absolute atomic E-state index is 9.58. The van der Waals surface area contributed by atoms with Gasteiger partial charge in [0.2, 0.25) is 0 Å². The molecule has 76 valence electrons. The van der Waals surface area contributed by atoms with Gasteiger partial charge in [-0.3, -0.25) is 0 Å². The summed E-state index contributed by atoms with van der Waals surface area (Å²) < 4.78 is 5.43. The molecule has 1 fully saturated rings. The van der Waals surface area contributed by atoms with Crippen molar-refractivity contribution in [2.75, 3.05) is 26.2 Å². The lowest BCUT2D eigenvalue weighted by molar-refractivity contribution is -0.763. The number of ether oxygens (including phenoxy) is 1.